The van der Waals surface area contributed by atoms with Crippen molar-refractivity contribution in [2.45, 2.75) is 32.1 Å². The van der Waals surface area contributed by atoms with Crippen LogP contribution in [0.2, 0.25) is 0 Å². The van der Waals surface area contributed by atoms with Crippen LogP contribution in [0.15, 0.2) is 60.0 Å². The molecular formula is C23H21N5O3. The first-order chi connectivity index (χ1) is 14.7. The molecule has 1 atom stereocenters. The van der Waals surface area contributed by atoms with Gasteiger partial charge in [-0.1, -0.05) is 57.2 Å². The van der Waals surface area contributed by atoms with Crippen molar-refractivity contribution in [3.63, 3.8) is 0 Å². The highest BCUT2D eigenvalue weighted by Gasteiger charge is 2.36. The Kier molecular flexibility index (Phi) is 4.74. The number of rotatable bonds is 3. The number of nitro benzene ring substituents is 1. The average Bonchev–Trinajstić information content (AvgIpc) is 3.15. The smallest absolute Gasteiger partial charge is 0.270 e. The van der Waals surface area contributed by atoms with E-state index in [1.165, 1.54) is 12.1 Å². The quantitative estimate of drug-likeness (QED) is 0.478. The summed E-state index contributed by atoms with van der Waals surface area (Å²) in [6.07, 6.45) is 0. The van der Waals surface area contributed by atoms with Gasteiger partial charge in [0, 0.05) is 17.7 Å². The van der Waals surface area contributed by atoms with Crippen LogP contribution in [0.4, 0.5) is 5.69 Å². The first-order valence-electron chi connectivity index (χ1n) is 9.72. The van der Waals surface area contributed by atoms with Crippen LogP contribution >= 0.6 is 0 Å². The van der Waals surface area contributed by atoms with E-state index in [0.717, 1.165) is 11.1 Å². The Morgan fingerprint density at radius 1 is 1.23 bits per heavy atom. The minimum Gasteiger partial charge on any atom is -0.420 e. The fraction of sp³-hybridized carbons (Fsp3) is 0.217. The molecule has 8 nitrogen and oxygen atoms in total. The lowest BCUT2D eigenvalue weighted by atomic mass is 9.81. The van der Waals surface area contributed by atoms with Gasteiger partial charge in [-0.25, -0.2) is 0 Å². The summed E-state index contributed by atoms with van der Waals surface area (Å²) in [7, 11) is 0. The highest BCUT2D eigenvalue weighted by atomic mass is 16.6. The number of benzene rings is 2. The van der Waals surface area contributed by atoms with Crippen molar-refractivity contribution in [3.8, 4) is 23.2 Å². The zero-order valence-corrected chi connectivity index (χ0v) is 17.3. The number of non-ortho nitro benzene ring substituents is 1. The molecule has 3 aromatic rings. The van der Waals surface area contributed by atoms with Crippen LogP contribution in [0.3, 0.4) is 0 Å². The summed E-state index contributed by atoms with van der Waals surface area (Å²) in [5.74, 6) is -0.268. The number of fused-ring (bicyclic) bond motifs is 1. The van der Waals surface area contributed by atoms with E-state index in [-0.39, 0.29) is 28.4 Å². The molecule has 1 aromatic heterocycles. The summed E-state index contributed by atoms with van der Waals surface area (Å²) < 4.78 is 5.60. The van der Waals surface area contributed by atoms with Gasteiger partial charge in [-0.2, -0.15) is 5.26 Å². The standard InChI is InChI=1S/C23H21N5O3/c1-23(2,3)15-9-7-13(8-10-15)18-17(12-24)21(25)31-22-19(18)20(26-27-22)14-5-4-6-16(11-14)28(29)30/h4-11,18H,25H2,1-3H3,(H,26,27). The van der Waals surface area contributed by atoms with E-state index in [1.807, 2.05) is 24.3 Å². The van der Waals surface area contributed by atoms with Crippen molar-refractivity contribution >= 4 is 5.69 Å². The van der Waals surface area contributed by atoms with Crippen LogP contribution in [0.25, 0.3) is 11.3 Å². The second kappa shape index (κ2) is 7.29. The number of hydrogen-bond donors (Lipinski definition) is 2. The van der Waals surface area contributed by atoms with E-state index in [0.29, 0.717) is 16.8 Å². The van der Waals surface area contributed by atoms with Crippen molar-refractivity contribution < 1.29 is 9.66 Å². The molecule has 1 unspecified atom stereocenters. The number of nitrogens with one attached hydrogen (secondary N) is 1. The first kappa shape index (κ1) is 20.2. The molecule has 0 amide bonds. The molecular weight excluding hydrogens is 394 g/mol. The van der Waals surface area contributed by atoms with Gasteiger partial charge in [0.1, 0.15) is 11.6 Å². The number of H-pyrrole nitrogens is 1. The molecule has 0 aliphatic carbocycles. The Labute approximate surface area is 179 Å². The molecule has 1 aliphatic heterocycles. The van der Waals surface area contributed by atoms with Crippen molar-refractivity contribution in [3.05, 3.63) is 86.8 Å². The summed E-state index contributed by atoms with van der Waals surface area (Å²) in [4.78, 5) is 10.8. The maximum Gasteiger partial charge on any atom is 0.270 e. The number of aromatic amines is 1. The molecule has 0 spiro atoms. The van der Waals surface area contributed by atoms with Gasteiger partial charge in [0.05, 0.1) is 22.1 Å². The van der Waals surface area contributed by atoms with Gasteiger partial charge in [0.2, 0.25) is 11.8 Å². The third-order valence-corrected chi connectivity index (χ3v) is 5.39. The average molecular weight is 415 g/mol. The van der Waals surface area contributed by atoms with Gasteiger partial charge in [-0.05, 0) is 16.5 Å². The van der Waals surface area contributed by atoms with E-state index in [4.69, 9.17) is 10.5 Å². The lowest BCUT2D eigenvalue weighted by Crippen LogP contribution is -2.21. The lowest BCUT2D eigenvalue weighted by molar-refractivity contribution is -0.384. The molecule has 3 N–H and O–H groups in total. The Bertz CT molecular complexity index is 1240. The molecule has 31 heavy (non-hydrogen) atoms. The molecule has 2 heterocycles. The van der Waals surface area contributed by atoms with Gasteiger partial charge in [-0.15, -0.1) is 5.10 Å². The molecule has 0 bridgehead atoms. The lowest BCUT2D eigenvalue weighted by Gasteiger charge is -2.25. The molecule has 1 aliphatic rings. The number of allylic oxidation sites excluding steroid dienone is 1. The summed E-state index contributed by atoms with van der Waals surface area (Å²) >= 11 is 0. The van der Waals surface area contributed by atoms with Crippen molar-refractivity contribution in [1.29, 1.82) is 5.26 Å². The predicted molar refractivity (Wildman–Crippen MR) is 115 cm³/mol. The number of hydrogen-bond acceptors (Lipinski definition) is 6. The number of nitrogens with zero attached hydrogens (tertiary/aromatic N) is 3. The Hall–Kier alpha value is -4.12. The Morgan fingerprint density at radius 2 is 1.94 bits per heavy atom. The highest BCUT2D eigenvalue weighted by Crippen LogP contribution is 2.46. The highest BCUT2D eigenvalue weighted by molar-refractivity contribution is 5.72. The van der Waals surface area contributed by atoms with Crippen molar-refractivity contribution in [2.24, 2.45) is 5.73 Å². The van der Waals surface area contributed by atoms with Gasteiger partial charge in [0.25, 0.3) is 5.69 Å². The monoisotopic (exact) mass is 415 g/mol. The molecule has 0 radical (unpaired) electrons. The summed E-state index contributed by atoms with van der Waals surface area (Å²) in [6.45, 7) is 6.39. The van der Waals surface area contributed by atoms with Crippen LogP contribution < -0.4 is 10.5 Å². The number of nitro groups is 1. The summed E-state index contributed by atoms with van der Waals surface area (Å²) in [5, 5.41) is 28.2. The Morgan fingerprint density at radius 3 is 2.55 bits per heavy atom. The van der Waals surface area contributed by atoms with Gasteiger partial charge in [-0.3, -0.25) is 15.2 Å². The number of nitrogens with two attached hydrogens (primary N) is 1. The fourth-order valence-electron chi connectivity index (χ4n) is 3.75. The maximum atomic E-state index is 11.2. The number of aromatic nitrogens is 2. The zero-order valence-electron chi connectivity index (χ0n) is 17.3. The van der Waals surface area contributed by atoms with Gasteiger partial charge >= 0.3 is 0 Å². The summed E-state index contributed by atoms with van der Waals surface area (Å²) in [5.41, 5.74) is 9.99. The van der Waals surface area contributed by atoms with Crippen molar-refractivity contribution in [1.82, 2.24) is 10.2 Å². The van der Waals surface area contributed by atoms with E-state index in [1.54, 1.807) is 12.1 Å². The third-order valence-electron chi connectivity index (χ3n) is 5.39. The maximum absolute atomic E-state index is 11.2. The topological polar surface area (TPSA) is 131 Å². The van der Waals surface area contributed by atoms with E-state index < -0.39 is 10.8 Å². The van der Waals surface area contributed by atoms with E-state index >= 15 is 0 Å². The van der Waals surface area contributed by atoms with Crippen LogP contribution in [-0.4, -0.2) is 15.1 Å². The second-order valence-electron chi connectivity index (χ2n) is 8.42. The molecule has 2 aromatic carbocycles. The normalized spacial score (nSPS) is 15.7. The molecule has 0 saturated carbocycles. The minimum atomic E-state index is -0.518. The van der Waals surface area contributed by atoms with Gasteiger partial charge in [0.15, 0.2) is 0 Å². The molecule has 4 rings (SSSR count). The minimum absolute atomic E-state index is 0.00279. The van der Waals surface area contributed by atoms with Gasteiger partial charge < -0.3 is 10.5 Å². The predicted octanol–water partition coefficient (Wildman–Crippen LogP) is 4.50. The van der Waals surface area contributed by atoms with Crippen LogP contribution in [0, 0.1) is 21.4 Å². The van der Waals surface area contributed by atoms with E-state index in [9.17, 15) is 15.4 Å². The molecule has 156 valence electrons. The number of nitriles is 1. The van der Waals surface area contributed by atoms with Crippen LogP contribution in [0.1, 0.15) is 43.4 Å². The largest absolute Gasteiger partial charge is 0.420 e. The fourth-order valence-corrected chi connectivity index (χ4v) is 3.75. The number of ether oxygens (including phenoxy) is 1. The van der Waals surface area contributed by atoms with Crippen LogP contribution in [0.5, 0.6) is 5.88 Å². The second-order valence-corrected chi connectivity index (χ2v) is 8.42. The molecule has 0 saturated heterocycles. The SMILES string of the molecule is CC(C)(C)c1ccc(C2C(C#N)=C(N)Oc3n[nH]c(-c4cccc([N+](=O)[O-])c4)c32)cc1. The third kappa shape index (κ3) is 3.51. The molecule has 0 fully saturated rings. The molecule has 8 heteroatoms. The Balaban J connectivity index is 1.89. The van der Waals surface area contributed by atoms with E-state index in [2.05, 4.69) is 37.0 Å². The van der Waals surface area contributed by atoms with Crippen molar-refractivity contribution in [2.75, 3.05) is 0 Å². The summed E-state index contributed by atoms with van der Waals surface area (Å²) in [6, 6.07) is 16.4. The first-order valence-corrected chi connectivity index (χ1v) is 9.72. The zero-order chi connectivity index (χ0) is 22.3. The van der Waals surface area contributed by atoms with Crippen LogP contribution in [-0.2, 0) is 5.41 Å².